The molecule has 1 aliphatic heterocycles. The van der Waals surface area contributed by atoms with Gasteiger partial charge >= 0.3 is 18.2 Å². The maximum atomic E-state index is 13.0. The summed E-state index contributed by atoms with van der Waals surface area (Å²) in [5, 5.41) is 11.7. The van der Waals surface area contributed by atoms with Crippen molar-refractivity contribution in [2.45, 2.75) is 50.7 Å². The first-order valence-electron chi connectivity index (χ1n) is 6.97. The summed E-state index contributed by atoms with van der Waals surface area (Å²) in [7, 11) is 0. The molecular formula is C13H19F3N2O3. The Morgan fingerprint density at radius 3 is 2.19 bits per heavy atom. The number of amides is 2. The molecule has 2 aliphatic rings. The van der Waals surface area contributed by atoms with Crippen molar-refractivity contribution in [3.8, 4) is 0 Å². The van der Waals surface area contributed by atoms with Crippen molar-refractivity contribution in [2.75, 3.05) is 13.1 Å². The van der Waals surface area contributed by atoms with Gasteiger partial charge in [0.1, 0.15) is 0 Å². The Morgan fingerprint density at radius 1 is 1.19 bits per heavy atom. The summed E-state index contributed by atoms with van der Waals surface area (Å²) >= 11 is 0. The van der Waals surface area contributed by atoms with Gasteiger partial charge in [-0.2, -0.15) is 13.2 Å². The second-order valence-electron chi connectivity index (χ2n) is 6.25. The summed E-state index contributed by atoms with van der Waals surface area (Å²) in [6.07, 6.45) is -1.95. The fourth-order valence-corrected chi connectivity index (χ4v) is 3.13. The Bertz CT molecular complexity index is 446. The number of alkyl halides is 3. The SMILES string of the molecule is CC1(NC(=O)N2CCC(C(=O)O)(C(F)(F)F)C2)CCCC1. The minimum absolute atomic E-state index is 0.201. The molecule has 21 heavy (non-hydrogen) atoms. The Balaban J connectivity index is 2.07. The molecule has 0 aromatic carbocycles. The monoisotopic (exact) mass is 308 g/mol. The Kier molecular flexibility index (Phi) is 3.84. The highest BCUT2D eigenvalue weighted by molar-refractivity contribution is 5.80. The number of aliphatic carboxylic acids is 1. The zero-order valence-electron chi connectivity index (χ0n) is 11.8. The lowest BCUT2D eigenvalue weighted by Crippen LogP contribution is -2.52. The molecule has 0 radical (unpaired) electrons. The van der Waals surface area contributed by atoms with Gasteiger partial charge < -0.3 is 15.3 Å². The quantitative estimate of drug-likeness (QED) is 0.823. The molecule has 1 saturated heterocycles. The van der Waals surface area contributed by atoms with Crippen LogP contribution < -0.4 is 5.32 Å². The second-order valence-corrected chi connectivity index (χ2v) is 6.25. The van der Waals surface area contributed by atoms with Gasteiger partial charge in [0, 0.05) is 18.6 Å². The van der Waals surface area contributed by atoms with Gasteiger partial charge in [-0.15, -0.1) is 0 Å². The first-order valence-corrected chi connectivity index (χ1v) is 6.97. The predicted octanol–water partition coefficient (Wildman–Crippen LogP) is 2.37. The van der Waals surface area contributed by atoms with Crippen LogP contribution in [-0.4, -0.2) is 46.8 Å². The molecule has 1 saturated carbocycles. The van der Waals surface area contributed by atoms with Gasteiger partial charge in [-0.05, 0) is 26.2 Å². The summed E-state index contributed by atoms with van der Waals surface area (Å²) in [5.41, 5.74) is -3.25. The molecule has 0 spiro atoms. The minimum Gasteiger partial charge on any atom is -0.481 e. The summed E-state index contributed by atoms with van der Waals surface area (Å²) in [6, 6.07) is -0.605. The number of hydrogen-bond acceptors (Lipinski definition) is 2. The Morgan fingerprint density at radius 2 is 1.76 bits per heavy atom. The van der Waals surface area contributed by atoms with E-state index in [1.165, 1.54) is 0 Å². The number of carboxylic acid groups (broad SMARTS) is 1. The van der Waals surface area contributed by atoms with Crippen LogP contribution in [0.3, 0.4) is 0 Å². The van der Waals surface area contributed by atoms with E-state index in [9.17, 15) is 22.8 Å². The molecule has 0 bridgehead atoms. The standard InChI is InChI=1S/C13H19F3N2O3/c1-11(4-2-3-5-11)17-10(21)18-7-6-12(8-18,9(19)20)13(14,15)16/h2-8H2,1H3,(H,17,21)(H,19,20). The molecule has 5 nitrogen and oxygen atoms in total. The zero-order valence-corrected chi connectivity index (χ0v) is 11.8. The van der Waals surface area contributed by atoms with E-state index < -0.39 is 42.1 Å². The average Bonchev–Trinajstić information content (AvgIpc) is 2.94. The summed E-state index contributed by atoms with van der Waals surface area (Å²) in [5.74, 6) is -1.92. The first-order chi connectivity index (χ1) is 9.60. The molecule has 8 heteroatoms. The van der Waals surface area contributed by atoms with Crippen LogP contribution in [0.25, 0.3) is 0 Å². The van der Waals surface area contributed by atoms with E-state index in [-0.39, 0.29) is 6.54 Å². The van der Waals surface area contributed by atoms with Crippen LogP contribution >= 0.6 is 0 Å². The molecule has 1 unspecified atom stereocenters. The molecule has 2 N–H and O–H groups in total. The van der Waals surface area contributed by atoms with Crippen molar-refractivity contribution in [1.29, 1.82) is 0 Å². The number of carboxylic acids is 1. The van der Waals surface area contributed by atoms with Gasteiger partial charge in [0.15, 0.2) is 5.41 Å². The van der Waals surface area contributed by atoms with E-state index in [1.54, 1.807) is 0 Å². The van der Waals surface area contributed by atoms with Gasteiger partial charge in [-0.25, -0.2) is 4.79 Å². The van der Waals surface area contributed by atoms with E-state index in [0.29, 0.717) is 0 Å². The van der Waals surface area contributed by atoms with Gasteiger partial charge in [-0.3, -0.25) is 4.79 Å². The molecule has 2 rings (SSSR count). The Hall–Kier alpha value is -1.47. The number of hydrogen-bond donors (Lipinski definition) is 2. The molecule has 120 valence electrons. The number of halogens is 3. The third kappa shape index (κ3) is 2.80. The summed E-state index contributed by atoms with van der Waals surface area (Å²) in [6.45, 7) is 0.837. The minimum atomic E-state index is -4.87. The predicted molar refractivity (Wildman–Crippen MR) is 67.7 cm³/mol. The van der Waals surface area contributed by atoms with Crippen molar-refractivity contribution in [3.63, 3.8) is 0 Å². The number of nitrogens with zero attached hydrogens (tertiary/aromatic N) is 1. The van der Waals surface area contributed by atoms with E-state index in [1.807, 2.05) is 6.92 Å². The number of urea groups is 1. The van der Waals surface area contributed by atoms with Crippen LogP contribution in [0.15, 0.2) is 0 Å². The van der Waals surface area contributed by atoms with E-state index in [4.69, 9.17) is 5.11 Å². The van der Waals surface area contributed by atoms with Crippen LogP contribution in [0.5, 0.6) is 0 Å². The van der Waals surface area contributed by atoms with Gasteiger partial charge in [0.05, 0.1) is 0 Å². The number of nitrogens with one attached hydrogen (secondary N) is 1. The first kappa shape index (κ1) is 15.9. The van der Waals surface area contributed by atoms with Crippen molar-refractivity contribution >= 4 is 12.0 Å². The van der Waals surface area contributed by atoms with Crippen LogP contribution in [0.1, 0.15) is 39.0 Å². The Labute approximate surface area is 120 Å². The average molecular weight is 308 g/mol. The van der Waals surface area contributed by atoms with E-state index in [2.05, 4.69) is 5.32 Å². The zero-order chi connectivity index (χ0) is 15.9. The number of rotatable bonds is 2. The lowest BCUT2D eigenvalue weighted by Gasteiger charge is -2.30. The molecule has 0 aromatic rings. The van der Waals surface area contributed by atoms with Gasteiger partial charge in [-0.1, -0.05) is 12.8 Å². The molecule has 2 fully saturated rings. The van der Waals surface area contributed by atoms with Crippen LogP contribution in [-0.2, 0) is 4.79 Å². The van der Waals surface area contributed by atoms with Crippen molar-refractivity contribution < 1.29 is 27.9 Å². The fraction of sp³-hybridized carbons (Fsp3) is 0.846. The molecule has 2 amide bonds. The topological polar surface area (TPSA) is 69.6 Å². The van der Waals surface area contributed by atoms with Crippen LogP contribution in [0.4, 0.5) is 18.0 Å². The highest BCUT2D eigenvalue weighted by Gasteiger charge is 2.64. The van der Waals surface area contributed by atoms with Crippen molar-refractivity contribution in [1.82, 2.24) is 10.2 Å². The van der Waals surface area contributed by atoms with Crippen molar-refractivity contribution in [3.05, 3.63) is 0 Å². The van der Waals surface area contributed by atoms with Crippen LogP contribution in [0, 0.1) is 5.41 Å². The molecule has 1 atom stereocenters. The largest absolute Gasteiger partial charge is 0.481 e. The number of carbonyl (C=O) groups is 2. The van der Waals surface area contributed by atoms with E-state index in [0.717, 1.165) is 30.6 Å². The fourth-order valence-electron chi connectivity index (χ4n) is 3.13. The highest BCUT2D eigenvalue weighted by atomic mass is 19.4. The van der Waals surface area contributed by atoms with Crippen LogP contribution in [0.2, 0.25) is 0 Å². The number of likely N-dealkylation sites (tertiary alicyclic amines) is 1. The summed E-state index contributed by atoms with van der Waals surface area (Å²) in [4.78, 5) is 24.1. The summed E-state index contributed by atoms with van der Waals surface area (Å²) < 4.78 is 39.1. The highest BCUT2D eigenvalue weighted by Crippen LogP contribution is 2.45. The number of carbonyl (C=O) groups excluding carboxylic acids is 1. The lowest BCUT2D eigenvalue weighted by molar-refractivity contribution is -0.226. The van der Waals surface area contributed by atoms with Gasteiger partial charge in [0.25, 0.3) is 0 Å². The maximum absolute atomic E-state index is 13.0. The molecular weight excluding hydrogens is 289 g/mol. The molecule has 0 aromatic heterocycles. The lowest BCUT2D eigenvalue weighted by atomic mass is 9.86. The normalized spacial score (nSPS) is 28.7. The van der Waals surface area contributed by atoms with Gasteiger partial charge in [0.2, 0.25) is 0 Å². The van der Waals surface area contributed by atoms with Crippen molar-refractivity contribution in [2.24, 2.45) is 5.41 Å². The smallest absolute Gasteiger partial charge is 0.406 e. The third-order valence-corrected chi connectivity index (χ3v) is 4.62. The second kappa shape index (κ2) is 5.06. The molecule has 1 aliphatic carbocycles. The van der Waals surface area contributed by atoms with E-state index >= 15 is 0 Å². The maximum Gasteiger partial charge on any atom is 0.406 e. The third-order valence-electron chi connectivity index (χ3n) is 4.62. The molecule has 1 heterocycles.